The van der Waals surface area contributed by atoms with Crippen LogP contribution in [0.15, 0.2) is 18.2 Å². The van der Waals surface area contributed by atoms with Gasteiger partial charge < -0.3 is 10.6 Å². The van der Waals surface area contributed by atoms with E-state index in [9.17, 15) is 19.3 Å². The van der Waals surface area contributed by atoms with Gasteiger partial charge in [0.1, 0.15) is 0 Å². The Morgan fingerprint density at radius 1 is 1.56 bits per heavy atom. The highest BCUT2D eigenvalue weighted by molar-refractivity contribution is 5.80. The molecule has 1 aromatic rings. The van der Waals surface area contributed by atoms with Crippen LogP contribution in [0.2, 0.25) is 0 Å². The number of anilines is 1. The van der Waals surface area contributed by atoms with Gasteiger partial charge in [-0.3, -0.25) is 14.9 Å². The number of nitrogens with zero attached hydrogens (tertiary/aromatic N) is 1. The molecule has 0 heterocycles. The van der Waals surface area contributed by atoms with Crippen molar-refractivity contribution < 1.29 is 14.1 Å². The van der Waals surface area contributed by atoms with E-state index in [0.717, 1.165) is 12.1 Å². The number of hydrogen-bond acceptors (Lipinski definition) is 4. The average molecular weight is 251 g/mol. The van der Waals surface area contributed by atoms with E-state index in [-0.39, 0.29) is 24.5 Å². The molecule has 7 heteroatoms. The molecule has 2 N–H and O–H groups in total. The number of nitro benzene ring substituents is 1. The zero-order chi connectivity index (χ0) is 13.5. The van der Waals surface area contributed by atoms with E-state index in [0.29, 0.717) is 0 Å². The van der Waals surface area contributed by atoms with Gasteiger partial charge >= 0.3 is 0 Å². The Morgan fingerprint density at radius 2 is 2.28 bits per heavy atom. The summed E-state index contributed by atoms with van der Waals surface area (Å²) in [4.78, 5) is 20.8. The normalized spacial score (nSPS) is 9.33. The van der Waals surface area contributed by atoms with E-state index in [1.165, 1.54) is 6.07 Å². The number of rotatable bonds is 5. The summed E-state index contributed by atoms with van der Waals surface area (Å²) in [5.41, 5.74) is -0.341. The van der Waals surface area contributed by atoms with E-state index in [2.05, 4.69) is 16.6 Å². The highest BCUT2D eigenvalue weighted by Gasteiger charge is 2.11. The minimum Gasteiger partial charge on any atom is -0.374 e. The first-order valence-corrected chi connectivity index (χ1v) is 4.92. The Labute approximate surface area is 102 Å². The Balaban J connectivity index is 2.61. The molecule has 1 rings (SSSR count). The van der Waals surface area contributed by atoms with Gasteiger partial charge in [-0.1, -0.05) is 5.92 Å². The largest absolute Gasteiger partial charge is 0.374 e. The van der Waals surface area contributed by atoms with Gasteiger partial charge in [0.2, 0.25) is 5.91 Å². The molecule has 0 bridgehead atoms. The number of nitrogens with one attached hydrogen (secondary N) is 2. The van der Waals surface area contributed by atoms with Crippen LogP contribution in [0, 0.1) is 28.3 Å². The zero-order valence-corrected chi connectivity index (χ0v) is 9.27. The molecular formula is C11H10FN3O3. The first-order valence-electron chi connectivity index (χ1n) is 4.92. The molecule has 0 radical (unpaired) electrons. The predicted octanol–water partition coefficient (Wildman–Crippen LogP) is 0.895. The minimum absolute atomic E-state index is 0.0106. The second-order valence-electron chi connectivity index (χ2n) is 3.26. The van der Waals surface area contributed by atoms with Gasteiger partial charge in [-0.05, 0) is 6.07 Å². The van der Waals surface area contributed by atoms with Gasteiger partial charge in [-0.15, -0.1) is 6.42 Å². The van der Waals surface area contributed by atoms with Crippen LogP contribution < -0.4 is 10.6 Å². The van der Waals surface area contributed by atoms with E-state index in [4.69, 9.17) is 6.42 Å². The first-order chi connectivity index (χ1) is 8.54. The summed E-state index contributed by atoms with van der Waals surface area (Å²) in [7, 11) is 0. The summed E-state index contributed by atoms with van der Waals surface area (Å²) in [6.45, 7) is -0.0837. The highest BCUT2D eigenvalue weighted by atomic mass is 19.1. The van der Waals surface area contributed by atoms with Crippen LogP contribution >= 0.6 is 0 Å². The van der Waals surface area contributed by atoms with Crippen LogP contribution in [-0.2, 0) is 4.79 Å². The molecule has 1 amide bonds. The van der Waals surface area contributed by atoms with Crippen molar-refractivity contribution in [1.29, 1.82) is 0 Å². The molecule has 0 spiro atoms. The number of benzene rings is 1. The summed E-state index contributed by atoms with van der Waals surface area (Å²) in [6, 6.07) is 3.12. The molecule has 1 aromatic carbocycles. The maximum absolute atomic E-state index is 13.4. The monoisotopic (exact) mass is 251 g/mol. The lowest BCUT2D eigenvalue weighted by Crippen LogP contribution is -2.30. The molecule has 0 aromatic heterocycles. The Morgan fingerprint density at radius 3 is 2.83 bits per heavy atom. The van der Waals surface area contributed by atoms with Crippen molar-refractivity contribution in [3.63, 3.8) is 0 Å². The maximum Gasteiger partial charge on any atom is 0.272 e. The fourth-order valence-electron chi connectivity index (χ4n) is 1.15. The van der Waals surface area contributed by atoms with Gasteiger partial charge in [0.25, 0.3) is 5.69 Å². The Kier molecular flexibility index (Phi) is 4.63. The number of hydrogen-bond donors (Lipinski definition) is 2. The first kappa shape index (κ1) is 13.4. The number of carbonyl (C=O) groups is 1. The van der Waals surface area contributed by atoms with Crippen molar-refractivity contribution in [2.45, 2.75) is 0 Å². The number of halogens is 1. The fraction of sp³-hybridized carbons (Fsp3) is 0.182. The number of carbonyl (C=O) groups excluding carboxylic acids is 1. The number of nitro groups is 1. The van der Waals surface area contributed by atoms with Crippen LogP contribution in [0.5, 0.6) is 0 Å². The lowest BCUT2D eigenvalue weighted by Gasteiger charge is -2.06. The van der Waals surface area contributed by atoms with Gasteiger partial charge in [-0.2, -0.15) is 0 Å². The molecule has 94 valence electrons. The van der Waals surface area contributed by atoms with Crippen molar-refractivity contribution in [2.75, 3.05) is 18.4 Å². The molecular weight excluding hydrogens is 241 g/mol. The van der Waals surface area contributed by atoms with Crippen molar-refractivity contribution in [3.05, 3.63) is 34.1 Å². The molecule has 0 atom stereocenters. The quantitative estimate of drug-likeness (QED) is 0.462. The fourth-order valence-corrected chi connectivity index (χ4v) is 1.15. The molecule has 0 aliphatic rings. The lowest BCUT2D eigenvalue weighted by molar-refractivity contribution is -0.385. The summed E-state index contributed by atoms with van der Waals surface area (Å²) in [5.74, 6) is 1.02. The van der Waals surface area contributed by atoms with Crippen molar-refractivity contribution >= 4 is 17.3 Å². The summed E-state index contributed by atoms with van der Waals surface area (Å²) in [5, 5.41) is 15.3. The molecule has 0 unspecified atom stereocenters. The molecule has 0 saturated carbocycles. The zero-order valence-electron chi connectivity index (χ0n) is 9.27. The van der Waals surface area contributed by atoms with Gasteiger partial charge in [0, 0.05) is 6.07 Å². The summed E-state index contributed by atoms with van der Waals surface area (Å²) >= 11 is 0. The number of amides is 1. The van der Waals surface area contributed by atoms with Crippen LogP contribution in [-0.4, -0.2) is 23.9 Å². The Bertz CT molecular complexity index is 511. The third-order valence-corrected chi connectivity index (χ3v) is 1.99. The van der Waals surface area contributed by atoms with Crippen LogP contribution in [0.1, 0.15) is 0 Å². The summed E-state index contributed by atoms with van der Waals surface area (Å²) in [6.07, 6.45) is 4.94. The van der Waals surface area contributed by atoms with E-state index in [1.54, 1.807) is 0 Å². The topological polar surface area (TPSA) is 84.3 Å². The standard InChI is InChI=1S/C11H10FN3O3/c1-2-5-13-11(16)7-14-10-4-3-8(15(17)18)6-9(10)12/h1,3-4,6,14H,5,7H2,(H,13,16). The highest BCUT2D eigenvalue weighted by Crippen LogP contribution is 2.19. The van der Waals surface area contributed by atoms with E-state index < -0.39 is 16.6 Å². The van der Waals surface area contributed by atoms with E-state index >= 15 is 0 Å². The molecule has 6 nitrogen and oxygen atoms in total. The number of non-ortho nitro benzene ring substituents is 1. The third-order valence-electron chi connectivity index (χ3n) is 1.99. The van der Waals surface area contributed by atoms with Gasteiger partial charge in [0.05, 0.1) is 29.8 Å². The van der Waals surface area contributed by atoms with Crippen LogP contribution in [0.25, 0.3) is 0 Å². The lowest BCUT2D eigenvalue weighted by atomic mass is 10.2. The minimum atomic E-state index is -0.797. The van der Waals surface area contributed by atoms with E-state index in [1.807, 2.05) is 0 Å². The second-order valence-corrected chi connectivity index (χ2v) is 3.26. The third kappa shape index (κ3) is 3.75. The molecule has 0 saturated heterocycles. The van der Waals surface area contributed by atoms with Crippen molar-refractivity contribution in [1.82, 2.24) is 5.32 Å². The predicted molar refractivity (Wildman–Crippen MR) is 63.4 cm³/mol. The molecule has 18 heavy (non-hydrogen) atoms. The second kappa shape index (κ2) is 6.20. The van der Waals surface area contributed by atoms with Gasteiger partial charge in [0.15, 0.2) is 5.82 Å². The van der Waals surface area contributed by atoms with Gasteiger partial charge in [-0.25, -0.2) is 4.39 Å². The van der Waals surface area contributed by atoms with Crippen molar-refractivity contribution in [3.8, 4) is 12.3 Å². The molecule has 0 fully saturated rings. The smallest absolute Gasteiger partial charge is 0.272 e. The SMILES string of the molecule is C#CCNC(=O)CNc1ccc([N+](=O)[O-])cc1F. The number of terminal acetylenes is 1. The molecule has 0 aliphatic heterocycles. The van der Waals surface area contributed by atoms with Crippen LogP contribution in [0.4, 0.5) is 15.8 Å². The maximum atomic E-state index is 13.4. The Hall–Kier alpha value is -2.62. The molecule has 0 aliphatic carbocycles. The van der Waals surface area contributed by atoms with Crippen LogP contribution in [0.3, 0.4) is 0 Å². The summed E-state index contributed by atoms with van der Waals surface area (Å²) < 4.78 is 13.4. The average Bonchev–Trinajstić information content (AvgIpc) is 2.34. The van der Waals surface area contributed by atoms with Crippen molar-refractivity contribution in [2.24, 2.45) is 0 Å².